The SMILES string of the molecule is Cc1cc(C=N)c(Nc2ccnc(N3CCN(C)CC3)c2)nc1OC(C)C. The Kier molecular flexibility index (Phi) is 5.91. The predicted molar refractivity (Wildman–Crippen MR) is 110 cm³/mol. The first-order valence-corrected chi connectivity index (χ1v) is 9.31. The summed E-state index contributed by atoms with van der Waals surface area (Å²) in [6.07, 6.45) is 3.16. The Hall–Kier alpha value is -2.67. The molecule has 2 aromatic rings. The zero-order chi connectivity index (χ0) is 19.4. The van der Waals surface area contributed by atoms with Gasteiger partial charge in [-0.3, -0.25) is 0 Å². The van der Waals surface area contributed by atoms with Gasteiger partial charge in [0.15, 0.2) is 0 Å². The Morgan fingerprint density at radius 1 is 1.22 bits per heavy atom. The molecule has 2 N–H and O–H groups in total. The van der Waals surface area contributed by atoms with Crippen LogP contribution in [0.5, 0.6) is 5.88 Å². The first-order chi connectivity index (χ1) is 13.0. The maximum absolute atomic E-state index is 7.71. The summed E-state index contributed by atoms with van der Waals surface area (Å²) in [7, 11) is 2.14. The van der Waals surface area contributed by atoms with Gasteiger partial charge in [0.25, 0.3) is 0 Å². The molecule has 0 radical (unpaired) electrons. The van der Waals surface area contributed by atoms with Crippen LogP contribution in [-0.4, -0.2) is 60.4 Å². The third-order valence-electron chi connectivity index (χ3n) is 4.53. The van der Waals surface area contributed by atoms with Gasteiger partial charge in [-0.1, -0.05) is 0 Å². The van der Waals surface area contributed by atoms with Crippen LogP contribution in [0.2, 0.25) is 0 Å². The molecule has 0 spiro atoms. The van der Waals surface area contributed by atoms with Crippen molar-refractivity contribution in [2.75, 3.05) is 43.4 Å². The van der Waals surface area contributed by atoms with Crippen LogP contribution in [0.1, 0.15) is 25.0 Å². The van der Waals surface area contributed by atoms with Crippen molar-refractivity contribution in [1.82, 2.24) is 14.9 Å². The van der Waals surface area contributed by atoms with Gasteiger partial charge in [0.05, 0.1) is 6.10 Å². The Morgan fingerprint density at radius 3 is 2.63 bits per heavy atom. The van der Waals surface area contributed by atoms with Crippen molar-refractivity contribution in [2.24, 2.45) is 0 Å². The molecule has 1 fully saturated rings. The smallest absolute Gasteiger partial charge is 0.218 e. The van der Waals surface area contributed by atoms with Gasteiger partial charge in [-0.15, -0.1) is 0 Å². The van der Waals surface area contributed by atoms with Gasteiger partial charge in [-0.05, 0) is 40.0 Å². The maximum atomic E-state index is 7.71. The van der Waals surface area contributed by atoms with Crippen molar-refractivity contribution >= 4 is 23.5 Å². The topological polar surface area (TPSA) is 77.4 Å². The number of rotatable bonds is 6. The molecule has 0 amide bonds. The number of hydrogen-bond donors (Lipinski definition) is 2. The molecule has 1 saturated heterocycles. The van der Waals surface area contributed by atoms with Crippen LogP contribution in [-0.2, 0) is 0 Å². The molecule has 3 heterocycles. The molecular formula is C20H28N6O. The largest absolute Gasteiger partial charge is 0.475 e. The standard InChI is InChI=1S/C20H28N6O/c1-14(2)27-20-15(3)11-16(13-21)19(24-20)23-17-5-6-22-18(12-17)26-9-7-25(4)8-10-26/h5-6,11-14,21H,7-10H2,1-4H3,(H,22,23,24). The molecule has 144 valence electrons. The Bertz CT molecular complexity index is 799. The summed E-state index contributed by atoms with van der Waals surface area (Å²) < 4.78 is 5.80. The second kappa shape index (κ2) is 8.35. The van der Waals surface area contributed by atoms with Crippen LogP contribution in [0, 0.1) is 12.3 Å². The molecule has 0 saturated carbocycles. The Labute approximate surface area is 160 Å². The molecule has 2 aromatic heterocycles. The van der Waals surface area contributed by atoms with Gasteiger partial charge in [-0.2, -0.15) is 4.98 Å². The average molecular weight is 368 g/mol. The highest BCUT2D eigenvalue weighted by atomic mass is 16.5. The van der Waals surface area contributed by atoms with E-state index in [9.17, 15) is 0 Å². The Morgan fingerprint density at radius 2 is 1.96 bits per heavy atom. The summed E-state index contributed by atoms with van der Waals surface area (Å²) in [5, 5.41) is 11.0. The minimum atomic E-state index is 0.0413. The van der Waals surface area contributed by atoms with E-state index in [2.05, 4.69) is 32.1 Å². The third kappa shape index (κ3) is 4.74. The molecule has 0 unspecified atom stereocenters. The summed E-state index contributed by atoms with van der Waals surface area (Å²) in [4.78, 5) is 13.7. The molecule has 3 rings (SSSR count). The van der Waals surface area contributed by atoms with E-state index in [0.29, 0.717) is 11.7 Å². The quantitative estimate of drug-likeness (QED) is 0.763. The number of nitrogens with one attached hydrogen (secondary N) is 2. The molecule has 1 aliphatic rings. The molecule has 7 nitrogen and oxygen atoms in total. The van der Waals surface area contributed by atoms with Crippen molar-refractivity contribution < 1.29 is 4.74 Å². The lowest BCUT2D eigenvalue weighted by Gasteiger charge is -2.33. The van der Waals surface area contributed by atoms with Crippen molar-refractivity contribution in [1.29, 1.82) is 5.41 Å². The van der Waals surface area contributed by atoms with Gasteiger partial charge in [0.1, 0.15) is 11.6 Å². The van der Waals surface area contributed by atoms with E-state index in [0.717, 1.165) is 48.8 Å². The van der Waals surface area contributed by atoms with Crippen LogP contribution < -0.4 is 15.0 Å². The molecule has 0 bridgehead atoms. The lowest BCUT2D eigenvalue weighted by molar-refractivity contribution is 0.231. The van der Waals surface area contributed by atoms with Crippen LogP contribution >= 0.6 is 0 Å². The van der Waals surface area contributed by atoms with E-state index in [1.54, 1.807) is 6.20 Å². The van der Waals surface area contributed by atoms with E-state index >= 15 is 0 Å². The minimum absolute atomic E-state index is 0.0413. The fourth-order valence-corrected chi connectivity index (χ4v) is 3.01. The fraction of sp³-hybridized carbons (Fsp3) is 0.450. The number of aromatic nitrogens is 2. The van der Waals surface area contributed by atoms with Gasteiger partial charge in [0.2, 0.25) is 5.88 Å². The monoisotopic (exact) mass is 368 g/mol. The van der Waals surface area contributed by atoms with E-state index in [1.165, 1.54) is 6.21 Å². The molecule has 1 aliphatic heterocycles. The van der Waals surface area contributed by atoms with Gasteiger partial charge < -0.3 is 25.3 Å². The zero-order valence-corrected chi connectivity index (χ0v) is 16.5. The average Bonchev–Trinajstić information content (AvgIpc) is 2.64. The number of hydrogen-bond acceptors (Lipinski definition) is 7. The lowest BCUT2D eigenvalue weighted by atomic mass is 10.2. The molecule has 0 atom stereocenters. The molecule has 7 heteroatoms. The Balaban J connectivity index is 1.84. The normalized spacial score (nSPS) is 15.1. The summed E-state index contributed by atoms with van der Waals surface area (Å²) in [5.74, 6) is 2.16. The van der Waals surface area contributed by atoms with Crippen molar-refractivity contribution in [3.05, 3.63) is 35.5 Å². The summed E-state index contributed by atoms with van der Waals surface area (Å²) in [5.41, 5.74) is 2.54. The first kappa shape index (κ1) is 19.1. The second-order valence-electron chi connectivity index (χ2n) is 7.18. The second-order valence-corrected chi connectivity index (χ2v) is 7.18. The van der Waals surface area contributed by atoms with E-state index < -0.39 is 0 Å². The van der Waals surface area contributed by atoms with Gasteiger partial charge in [-0.25, -0.2) is 4.98 Å². The minimum Gasteiger partial charge on any atom is -0.475 e. The summed E-state index contributed by atoms with van der Waals surface area (Å²) in [6, 6.07) is 5.87. The number of ether oxygens (including phenoxy) is 1. The van der Waals surface area contributed by atoms with Crippen molar-refractivity contribution in [2.45, 2.75) is 26.9 Å². The maximum Gasteiger partial charge on any atom is 0.218 e. The van der Waals surface area contributed by atoms with Crippen molar-refractivity contribution in [3.63, 3.8) is 0 Å². The third-order valence-corrected chi connectivity index (χ3v) is 4.53. The highest BCUT2D eigenvalue weighted by molar-refractivity contribution is 5.86. The first-order valence-electron chi connectivity index (χ1n) is 9.31. The van der Waals surface area contributed by atoms with E-state index in [-0.39, 0.29) is 6.10 Å². The molecule has 27 heavy (non-hydrogen) atoms. The fourth-order valence-electron chi connectivity index (χ4n) is 3.01. The van der Waals surface area contributed by atoms with Crippen LogP contribution in [0.3, 0.4) is 0 Å². The summed E-state index contributed by atoms with van der Waals surface area (Å²) >= 11 is 0. The van der Waals surface area contributed by atoms with Crippen LogP contribution in [0.4, 0.5) is 17.3 Å². The van der Waals surface area contributed by atoms with Crippen LogP contribution in [0.15, 0.2) is 24.4 Å². The molecule has 0 aromatic carbocycles. The number of anilines is 3. The molecular weight excluding hydrogens is 340 g/mol. The van der Waals surface area contributed by atoms with Crippen molar-refractivity contribution in [3.8, 4) is 5.88 Å². The zero-order valence-electron chi connectivity index (χ0n) is 16.5. The van der Waals surface area contributed by atoms with Crippen LogP contribution in [0.25, 0.3) is 0 Å². The molecule has 0 aliphatic carbocycles. The lowest BCUT2D eigenvalue weighted by Crippen LogP contribution is -2.44. The van der Waals surface area contributed by atoms with Gasteiger partial charge in [0, 0.05) is 61.5 Å². The number of likely N-dealkylation sites (N-methyl/N-ethyl adjacent to an activating group) is 1. The van der Waals surface area contributed by atoms with E-state index in [4.69, 9.17) is 10.1 Å². The number of nitrogens with zero attached hydrogens (tertiary/aromatic N) is 4. The number of piperazine rings is 1. The highest BCUT2D eigenvalue weighted by Crippen LogP contribution is 2.26. The number of pyridine rings is 2. The number of aryl methyl sites for hydroxylation is 1. The predicted octanol–water partition coefficient (Wildman–Crippen LogP) is 3.07. The summed E-state index contributed by atoms with van der Waals surface area (Å²) in [6.45, 7) is 9.90. The van der Waals surface area contributed by atoms with Gasteiger partial charge >= 0.3 is 0 Å². The van der Waals surface area contributed by atoms with E-state index in [1.807, 2.05) is 39.0 Å². The highest BCUT2D eigenvalue weighted by Gasteiger charge is 2.16.